The molecule has 0 saturated heterocycles. The van der Waals surface area contributed by atoms with E-state index < -0.39 is 10.0 Å². The van der Waals surface area contributed by atoms with Gasteiger partial charge in [-0.2, -0.15) is 11.8 Å². The van der Waals surface area contributed by atoms with Gasteiger partial charge in [0.05, 0.1) is 4.90 Å². The minimum Gasteiger partial charge on any atom is -0.307 e. The zero-order valence-corrected chi connectivity index (χ0v) is 13.4. The summed E-state index contributed by atoms with van der Waals surface area (Å²) in [6.45, 7) is 4.23. The molecule has 0 spiro atoms. The number of hydrogen-bond donors (Lipinski definition) is 2. The van der Waals surface area contributed by atoms with Crippen LogP contribution in [0.1, 0.15) is 25.5 Å². The van der Waals surface area contributed by atoms with Crippen molar-refractivity contribution < 1.29 is 8.42 Å². The summed E-state index contributed by atoms with van der Waals surface area (Å²) >= 11 is 1.81. The van der Waals surface area contributed by atoms with Gasteiger partial charge in [-0.1, -0.05) is 12.1 Å². The first-order valence-corrected chi connectivity index (χ1v) is 9.07. The summed E-state index contributed by atoms with van der Waals surface area (Å²) in [5.41, 5.74) is 1.09. The average Bonchev–Trinajstić information content (AvgIpc) is 2.39. The van der Waals surface area contributed by atoms with Crippen molar-refractivity contribution in [2.45, 2.75) is 30.8 Å². The lowest BCUT2D eigenvalue weighted by atomic mass is 10.1. The number of nitrogens with one attached hydrogen (secondary N) is 2. The molecule has 0 fully saturated rings. The molecule has 0 heterocycles. The number of benzene rings is 1. The zero-order valence-electron chi connectivity index (χ0n) is 11.8. The van der Waals surface area contributed by atoms with E-state index in [-0.39, 0.29) is 6.04 Å². The molecule has 1 aromatic carbocycles. The van der Waals surface area contributed by atoms with Gasteiger partial charge in [-0.25, -0.2) is 13.1 Å². The van der Waals surface area contributed by atoms with Crippen LogP contribution < -0.4 is 10.0 Å². The fourth-order valence-corrected chi connectivity index (χ4v) is 3.20. The van der Waals surface area contributed by atoms with Crippen LogP contribution in [0.25, 0.3) is 0 Å². The molecule has 19 heavy (non-hydrogen) atoms. The molecule has 0 aliphatic heterocycles. The fraction of sp³-hybridized carbons (Fsp3) is 0.538. The van der Waals surface area contributed by atoms with Crippen LogP contribution in [-0.2, 0) is 10.0 Å². The Labute approximate surface area is 120 Å². The molecule has 4 nitrogen and oxygen atoms in total. The Morgan fingerprint density at radius 3 is 2.26 bits per heavy atom. The van der Waals surface area contributed by atoms with E-state index in [0.717, 1.165) is 11.3 Å². The first kappa shape index (κ1) is 16.5. The van der Waals surface area contributed by atoms with Crippen molar-refractivity contribution in [3.8, 4) is 0 Å². The summed E-state index contributed by atoms with van der Waals surface area (Å²) in [6, 6.07) is 7.61. The lowest BCUT2D eigenvalue weighted by Crippen LogP contribution is -2.30. The second-order valence-corrected chi connectivity index (χ2v) is 7.32. The highest BCUT2D eigenvalue weighted by Gasteiger charge is 2.13. The van der Waals surface area contributed by atoms with Crippen LogP contribution in [0.5, 0.6) is 0 Å². The van der Waals surface area contributed by atoms with E-state index in [0.29, 0.717) is 10.9 Å². The molecule has 2 atom stereocenters. The maximum Gasteiger partial charge on any atom is 0.240 e. The van der Waals surface area contributed by atoms with E-state index in [1.807, 2.05) is 12.1 Å². The van der Waals surface area contributed by atoms with E-state index >= 15 is 0 Å². The topological polar surface area (TPSA) is 58.2 Å². The highest BCUT2D eigenvalue weighted by molar-refractivity contribution is 7.98. The Morgan fingerprint density at radius 1 is 1.21 bits per heavy atom. The molecular formula is C13H22N2O2S2. The number of sulfonamides is 1. The highest BCUT2D eigenvalue weighted by Crippen LogP contribution is 2.17. The lowest BCUT2D eigenvalue weighted by molar-refractivity contribution is 0.511. The summed E-state index contributed by atoms with van der Waals surface area (Å²) < 4.78 is 25.5. The fourth-order valence-electron chi connectivity index (χ4n) is 1.87. The van der Waals surface area contributed by atoms with Gasteiger partial charge in [0.25, 0.3) is 0 Å². The second kappa shape index (κ2) is 7.28. The maximum atomic E-state index is 11.6. The van der Waals surface area contributed by atoms with E-state index in [4.69, 9.17) is 0 Å². The Kier molecular flexibility index (Phi) is 6.32. The van der Waals surface area contributed by atoms with Gasteiger partial charge in [-0.15, -0.1) is 0 Å². The Hall–Kier alpha value is -0.560. The highest BCUT2D eigenvalue weighted by atomic mass is 32.2. The normalized spacial score (nSPS) is 15.2. The van der Waals surface area contributed by atoms with Crippen LogP contribution in [0.3, 0.4) is 0 Å². The predicted molar refractivity (Wildman–Crippen MR) is 82.1 cm³/mol. The van der Waals surface area contributed by atoms with Gasteiger partial charge in [-0.3, -0.25) is 0 Å². The lowest BCUT2D eigenvalue weighted by Gasteiger charge is -2.20. The molecule has 1 rings (SSSR count). The van der Waals surface area contributed by atoms with Crippen LogP contribution in [0, 0.1) is 0 Å². The number of thioether (sulfide) groups is 1. The Bertz CT molecular complexity index is 486. The van der Waals surface area contributed by atoms with E-state index in [9.17, 15) is 8.42 Å². The maximum absolute atomic E-state index is 11.6. The van der Waals surface area contributed by atoms with Gasteiger partial charge in [0.15, 0.2) is 0 Å². The first-order chi connectivity index (χ1) is 8.90. The SMILES string of the molecule is CNS(=O)(=O)c1ccc(C(C)NC(C)CSC)cc1. The molecule has 0 radical (unpaired) electrons. The van der Waals surface area contributed by atoms with Crippen molar-refractivity contribution in [1.82, 2.24) is 10.0 Å². The van der Waals surface area contributed by atoms with Gasteiger partial charge < -0.3 is 5.32 Å². The second-order valence-electron chi connectivity index (χ2n) is 4.52. The van der Waals surface area contributed by atoms with E-state index in [2.05, 4.69) is 30.1 Å². The third-order valence-corrected chi connectivity index (χ3v) is 5.17. The zero-order chi connectivity index (χ0) is 14.5. The van der Waals surface area contributed by atoms with Crippen LogP contribution in [0.2, 0.25) is 0 Å². The Morgan fingerprint density at radius 2 is 1.79 bits per heavy atom. The van der Waals surface area contributed by atoms with Crippen molar-refractivity contribution in [3.63, 3.8) is 0 Å². The standard InChI is InChI=1S/C13H22N2O2S2/c1-10(9-18-4)15-11(2)12-5-7-13(8-6-12)19(16,17)14-3/h5-8,10-11,14-15H,9H2,1-4H3. The third-order valence-electron chi connectivity index (χ3n) is 2.91. The minimum absolute atomic E-state index is 0.202. The molecule has 1 aromatic rings. The van der Waals surface area contributed by atoms with Crippen LogP contribution in [0.4, 0.5) is 0 Å². The van der Waals surface area contributed by atoms with Crippen molar-refractivity contribution in [2.75, 3.05) is 19.1 Å². The molecule has 0 aliphatic carbocycles. The number of hydrogen-bond acceptors (Lipinski definition) is 4. The molecule has 0 aliphatic rings. The quantitative estimate of drug-likeness (QED) is 0.809. The molecule has 2 N–H and O–H groups in total. The van der Waals surface area contributed by atoms with Crippen molar-refractivity contribution >= 4 is 21.8 Å². The molecule has 0 bridgehead atoms. The van der Waals surface area contributed by atoms with E-state index in [1.165, 1.54) is 7.05 Å². The molecule has 0 aromatic heterocycles. The van der Waals surface area contributed by atoms with Gasteiger partial charge in [0.1, 0.15) is 0 Å². The first-order valence-electron chi connectivity index (χ1n) is 6.19. The molecule has 0 saturated carbocycles. The molecule has 108 valence electrons. The predicted octanol–water partition coefficient (Wildman–Crippen LogP) is 2.00. The van der Waals surface area contributed by atoms with Gasteiger partial charge in [-0.05, 0) is 44.8 Å². The number of rotatable bonds is 7. The summed E-state index contributed by atoms with van der Waals surface area (Å²) in [6.07, 6.45) is 2.08. The third kappa shape index (κ3) is 4.80. The van der Waals surface area contributed by atoms with Gasteiger partial charge >= 0.3 is 0 Å². The van der Waals surface area contributed by atoms with Crippen LogP contribution in [0.15, 0.2) is 29.2 Å². The summed E-state index contributed by atoms with van der Waals surface area (Å²) in [5, 5.41) is 3.48. The summed E-state index contributed by atoms with van der Waals surface area (Å²) in [4.78, 5) is 0.295. The molecule has 6 heteroatoms. The monoisotopic (exact) mass is 302 g/mol. The van der Waals surface area contributed by atoms with E-state index in [1.54, 1.807) is 23.9 Å². The molecule has 2 unspecified atom stereocenters. The summed E-state index contributed by atoms with van der Waals surface area (Å²) in [7, 11) is -1.93. The average molecular weight is 302 g/mol. The largest absolute Gasteiger partial charge is 0.307 e. The van der Waals surface area contributed by atoms with Crippen molar-refractivity contribution in [1.29, 1.82) is 0 Å². The van der Waals surface area contributed by atoms with Crippen molar-refractivity contribution in [3.05, 3.63) is 29.8 Å². The van der Waals surface area contributed by atoms with Gasteiger partial charge in [0, 0.05) is 17.8 Å². The molecular weight excluding hydrogens is 280 g/mol. The smallest absolute Gasteiger partial charge is 0.240 e. The van der Waals surface area contributed by atoms with Crippen LogP contribution >= 0.6 is 11.8 Å². The Balaban J connectivity index is 2.76. The molecule has 0 amide bonds. The summed E-state index contributed by atoms with van der Waals surface area (Å²) in [5.74, 6) is 1.05. The van der Waals surface area contributed by atoms with Crippen LogP contribution in [-0.4, -0.2) is 33.5 Å². The van der Waals surface area contributed by atoms with Gasteiger partial charge in [0.2, 0.25) is 10.0 Å². The van der Waals surface area contributed by atoms with Crippen molar-refractivity contribution in [2.24, 2.45) is 0 Å². The minimum atomic E-state index is -3.35.